The molecule has 0 bridgehead atoms. The average molecular weight is 456 g/mol. The number of phenols is 1. The van der Waals surface area contributed by atoms with Crippen LogP contribution in [0.2, 0.25) is 10.0 Å². The van der Waals surface area contributed by atoms with Gasteiger partial charge in [-0.05, 0) is 29.3 Å². The van der Waals surface area contributed by atoms with Crippen molar-refractivity contribution in [2.45, 2.75) is 13.0 Å². The van der Waals surface area contributed by atoms with Gasteiger partial charge in [-0.25, -0.2) is 9.97 Å². The van der Waals surface area contributed by atoms with Gasteiger partial charge in [0.2, 0.25) is 0 Å². The summed E-state index contributed by atoms with van der Waals surface area (Å²) in [5.74, 6) is 0.0868. The number of hydrogen-bond acceptors (Lipinski definition) is 7. The molecule has 10 heteroatoms. The summed E-state index contributed by atoms with van der Waals surface area (Å²) in [6, 6.07) is 12.4. The fourth-order valence-corrected chi connectivity index (χ4v) is 3.33. The van der Waals surface area contributed by atoms with E-state index in [1.807, 2.05) is 24.3 Å². The van der Waals surface area contributed by atoms with Crippen LogP contribution in [0.3, 0.4) is 0 Å². The molecule has 0 saturated carbocycles. The monoisotopic (exact) mass is 455 g/mol. The smallest absolute Gasteiger partial charge is 0.315 e. The predicted molar refractivity (Wildman–Crippen MR) is 114 cm³/mol. The van der Waals surface area contributed by atoms with Crippen molar-refractivity contribution in [2.24, 2.45) is 0 Å². The summed E-state index contributed by atoms with van der Waals surface area (Å²) in [5.41, 5.74) is 2.44. The Morgan fingerprint density at radius 1 is 1.03 bits per heavy atom. The molecule has 0 radical (unpaired) electrons. The molecule has 1 amide bonds. The lowest BCUT2D eigenvalue weighted by Crippen LogP contribution is -2.23. The molecule has 0 unspecified atom stereocenters. The first kappa shape index (κ1) is 20.8. The van der Waals surface area contributed by atoms with Crippen LogP contribution in [0.1, 0.15) is 27.6 Å². The van der Waals surface area contributed by atoms with Crippen LogP contribution in [-0.2, 0) is 13.0 Å². The van der Waals surface area contributed by atoms with Gasteiger partial charge in [0.1, 0.15) is 0 Å². The van der Waals surface area contributed by atoms with Gasteiger partial charge >= 0.3 is 11.8 Å². The zero-order chi connectivity index (χ0) is 21.8. The standard InChI is InChI=1S/C21H15Cl2N5O3/c22-15-8-13(9-16(23)18(15)29)10-17-27-21(31-28-17)20(30)26-11-12-2-4-14(5-3-12)19-24-6-1-7-25-19/h1-9,29H,10-11H2,(H,26,30). The highest BCUT2D eigenvalue weighted by Crippen LogP contribution is 2.33. The van der Waals surface area contributed by atoms with E-state index in [0.29, 0.717) is 11.4 Å². The molecule has 4 aromatic rings. The molecule has 4 rings (SSSR count). The fourth-order valence-electron chi connectivity index (χ4n) is 2.80. The number of carbonyl (C=O) groups excluding carboxylic acids is 1. The number of aromatic nitrogens is 4. The predicted octanol–water partition coefficient (Wildman–Crippen LogP) is 4.06. The third-order valence-electron chi connectivity index (χ3n) is 4.33. The topological polar surface area (TPSA) is 114 Å². The Bertz CT molecular complexity index is 1190. The van der Waals surface area contributed by atoms with Gasteiger partial charge in [-0.1, -0.05) is 52.6 Å². The molecular formula is C21H15Cl2N5O3. The van der Waals surface area contributed by atoms with Crippen LogP contribution in [0.4, 0.5) is 0 Å². The average Bonchev–Trinajstić information content (AvgIpc) is 3.25. The van der Waals surface area contributed by atoms with Crippen LogP contribution in [-0.4, -0.2) is 31.1 Å². The van der Waals surface area contributed by atoms with E-state index >= 15 is 0 Å². The lowest BCUT2D eigenvalue weighted by atomic mass is 10.1. The largest absolute Gasteiger partial charge is 0.505 e. The molecule has 0 atom stereocenters. The molecule has 0 spiro atoms. The molecule has 2 N–H and O–H groups in total. The number of halogens is 2. The number of amides is 1. The van der Waals surface area contributed by atoms with Gasteiger partial charge in [0.05, 0.1) is 10.0 Å². The van der Waals surface area contributed by atoms with Crippen molar-refractivity contribution < 1.29 is 14.4 Å². The second kappa shape index (κ2) is 9.11. The van der Waals surface area contributed by atoms with Gasteiger partial charge in [-0.3, -0.25) is 4.79 Å². The van der Waals surface area contributed by atoms with Gasteiger partial charge in [0.15, 0.2) is 17.4 Å². The Morgan fingerprint density at radius 3 is 2.39 bits per heavy atom. The maximum Gasteiger partial charge on any atom is 0.315 e. The van der Waals surface area contributed by atoms with Crippen molar-refractivity contribution in [3.8, 4) is 17.1 Å². The number of nitrogens with one attached hydrogen (secondary N) is 1. The minimum Gasteiger partial charge on any atom is -0.505 e. The van der Waals surface area contributed by atoms with Gasteiger partial charge in [-0.15, -0.1) is 0 Å². The van der Waals surface area contributed by atoms with Crippen LogP contribution in [0.25, 0.3) is 11.4 Å². The number of phenolic OH excluding ortho intramolecular Hbond substituents is 1. The molecule has 31 heavy (non-hydrogen) atoms. The van der Waals surface area contributed by atoms with E-state index in [0.717, 1.165) is 11.1 Å². The second-order valence-electron chi connectivity index (χ2n) is 6.55. The maximum absolute atomic E-state index is 12.3. The Labute approximate surface area is 186 Å². The Balaban J connectivity index is 1.36. The Hall–Kier alpha value is -3.49. The molecule has 0 aliphatic carbocycles. The van der Waals surface area contributed by atoms with E-state index in [1.165, 1.54) is 0 Å². The van der Waals surface area contributed by atoms with Crippen LogP contribution < -0.4 is 5.32 Å². The SMILES string of the molecule is O=C(NCc1ccc(-c2ncccn2)cc1)c1nc(Cc2cc(Cl)c(O)c(Cl)c2)no1. The quantitative estimate of drug-likeness (QED) is 0.450. The fraction of sp³-hybridized carbons (Fsp3) is 0.0952. The normalized spacial score (nSPS) is 10.8. The van der Waals surface area contributed by atoms with Crippen molar-refractivity contribution in [3.05, 3.63) is 87.7 Å². The number of aromatic hydroxyl groups is 1. The molecule has 0 aliphatic rings. The zero-order valence-electron chi connectivity index (χ0n) is 15.9. The first-order chi connectivity index (χ1) is 15.0. The molecule has 0 saturated heterocycles. The molecule has 8 nitrogen and oxygen atoms in total. The van der Waals surface area contributed by atoms with Crippen molar-refractivity contribution >= 4 is 29.1 Å². The van der Waals surface area contributed by atoms with Crippen molar-refractivity contribution in [2.75, 3.05) is 0 Å². The summed E-state index contributed by atoms with van der Waals surface area (Å²) >= 11 is 11.8. The van der Waals surface area contributed by atoms with E-state index in [9.17, 15) is 9.90 Å². The van der Waals surface area contributed by atoms with Crippen LogP contribution in [0.5, 0.6) is 5.75 Å². The van der Waals surface area contributed by atoms with E-state index < -0.39 is 5.91 Å². The molecule has 2 aromatic heterocycles. The number of hydrogen-bond donors (Lipinski definition) is 2. The highest BCUT2D eigenvalue weighted by Gasteiger charge is 2.16. The number of rotatable bonds is 6. The molecule has 0 aliphatic heterocycles. The first-order valence-electron chi connectivity index (χ1n) is 9.13. The summed E-state index contributed by atoms with van der Waals surface area (Å²) in [6.45, 7) is 0.287. The van der Waals surface area contributed by atoms with Crippen molar-refractivity contribution in [3.63, 3.8) is 0 Å². The highest BCUT2D eigenvalue weighted by molar-refractivity contribution is 6.37. The zero-order valence-corrected chi connectivity index (χ0v) is 17.4. The Morgan fingerprint density at radius 2 is 1.71 bits per heavy atom. The summed E-state index contributed by atoms with van der Waals surface area (Å²) in [6.07, 6.45) is 3.60. The summed E-state index contributed by atoms with van der Waals surface area (Å²) < 4.78 is 5.04. The summed E-state index contributed by atoms with van der Waals surface area (Å²) in [5, 5.41) is 16.4. The van der Waals surface area contributed by atoms with Crippen molar-refractivity contribution in [1.82, 2.24) is 25.4 Å². The van der Waals surface area contributed by atoms with E-state index in [-0.39, 0.29) is 40.5 Å². The van der Waals surface area contributed by atoms with E-state index in [4.69, 9.17) is 27.7 Å². The van der Waals surface area contributed by atoms with Gasteiger partial charge in [0.25, 0.3) is 0 Å². The molecule has 156 valence electrons. The number of benzene rings is 2. The second-order valence-corrected chi connectivity index (χ2v) is 7.37. The highest BCUT2D eigenvalue weighted by atomic mass is 35.5. The van der Waals surface area contributed by atoms with Gasteiger partial charge in [0, 0.05) is 30.9 Å². The summed E-state index contributed by atoms with van der Waals surface area (Å²) in [7, 11) is 0. The molecule has 0 fully saturated rings. The third kappa shape index (κ3) is 4.99. The van der Waals surface area contributed by atoms with Crippen LogP contribution >= 0.6 is 23.2 Å². The van der Waals surface area contributed by atoms with E-state index in [2.05, 4.69) is 25.4 Å². The molecule has 2 heterocycles. The lowest BCUT2D eigenvalue weighted by Gasteiger charge is -2.04. The molecular weight excluding hydrogens is 441 g/mol. The van der Waals surface area contributed by atoms with Crippen LogP contribution in [0.15, 0.2) is 59.4 Å². The van der Waals surface area contributed by atoms with Crippen LogP contribution in [0, 0.1) is 0 Å². The minimum absolute atomic E-state index is 0.119. The summed E-state index contributed by atoms with van der Waals surface area (Å²) in [4.78, 5) is 24.8. The van der Waals surface area contributed by atoms with Crippen molar-refractivity contribution in [1.29, 1.82) is 0 Å². The first-order valence-corrected chi connectivity index (χ1v) is 9.89. The Kier molecular flexibility index (Phi) is 6.11. The number of nitrogens with zero attached hydrogens (tertiary/aromatic N) is 4. The minimum atomic E-state index is -0.490. The van der Waals surface area contributed by atoms with Gasteiger partial charge in [-0.2, -0.15) is 4.98 Å². The van der Waals surface area contributed by atoms with Gasteiger partial charge < -0.3 is 14.9 Å². The molecule has 2 aromatic carbocycles. The number of carbonyl (C=O) groups is 1. The maximum atomic E-state index is 12.3. The van der Waals surface area contributed by atoms with E-state index in [1.54, 1.807) is 30.6 Å². The lowest BCUT2D eigenvalue weighted by molar-refractivity contribution is 0.0907. The third-order valence-corrected chi connectivity index (χ3v) is 4.91.